The van der Waals surface area contributed by atoms with Gasteiger partial charge in [0.05, 0.1) is 6.61 Å². The lowest BCUT2D eigenvalue weighted by atomic mass is 9.85. The van der Waals surface area contributed by atoms with Crippen molar-refractivity contribution in [3.05, 3.63) is 29.8 Å². The van der Waals surface area contributed by atoms with Gasteiger partial charge in [0.2, 0.25) is 0 Å². The van der Waals surface area contributed by atoms with Crippen LogP contribution in [0.25, 0.3) is 0 Å². The first-order valence-corrected chi connectivity index (χ1v) is 8.01. The third-order valence-electron chi connectivity index (χ3n) is 3.84. The van der Waals surface area contributed by atoms with Crippen molar-refractivity contribution in [2.45, 2.75) is 47.0 Å². The Balaban J connectivity index is 2.71. The van der Waals surface area contributed by atoms with Gasteiger partial charge < -0.3 is 10.1 Å². The Morgan fingerprint density at radius 3 is 2.20 bits per heavy atom. The number of hydrogen-bond acceptors (Lipinski definition) is 2. The molecule has 2 nitrogen and oxygen atoms in total. The largest absolute Gasteiger partial charge is 0.493 e. The van der Waals surface area contributed by atoms with Crippen molar-refractivity contribution in [2.75, 3.05) is 19.7 Å². The fourth-order valence-electron chi connectivity index (χ4n) is 2.31. The normalized spacial score (nSPS) is 14.3. The molecule has 0 radical (unpaired) electrons. The molecule has 20 heavy (non-hydrogen) atoms. The van der Waals surface area contributed by atoms with Crippen LogP contribution in [0.5, 0.6) is 5.75 Å². The van der Waals surface area contributed by atoms with Crippen LogP contribution < -0.4 is 10.1 Å². The van der Waals surface area contributed by atoms with Crippen molar-refractivity contribution < 1.29 is 4.74 Å². The van der Waals surface area contributed by atoms with Crippen molar-refractivity contribution in [3.8, 4) is 5.75 Å². The zero-order valence-corrected chi connectivity index (χ0v) is 13.8. The molecule has 0 bridgehead atoms. The molecule has 2 atom stereocenters. The van der Waals surface area contributed by atoms with Gasteiger partial charge in [-0.25, -0.2) is 0 Å². The highest BCUT2D eigenvalue weighted by atomic mass is 16.5. The second-order valence-corrected chi connectivity index (χ2v) is 6.07. The van der Waals surface area contributed by atoms with Crippen molar-refractivity contribution in [3.63, 3.8) is 0 Å². The maximum Gasteiger partial charge on any atom is 0.119 e. The SMILES string of the molecule is CCNCC(c1ccc(OCC(C)C)cc1)C(C)CC. The molecular weight excluding hydrogens is 246 g/mol. The number of nitrogens with one attached hydrogen (secondary N) is 1. The fraction of sp³-hybridized carbons (Fsp3) is 0.667. The molecule has 1 rings (SSSR count). The molecule has 0 saturated carbocycles. The van der Waals surface area contributed by atoms with Gasteiger partial charge in [-0.3, -0.25) is 0 Å². The highest BCUT2D eigenvalue weighted by Crippen LogP contribution is 2.28. The Labute approximate surface area is 124 Å². The molecule has 0 saturated heterocycles. The summed E-state index contributed by atoms with van der Waals surface area (Å²) >= 11 is 0. The van der Waals surface area contributed by atoms with Crippen molar-refractivity contribution in [2.24, 2.45) is 11.8 Å². The quantitative estimate of drug-likeness (QED) is 0.719. The van der Waals surface area contributed by atoms with Crippen LogP contribution in [0.3, 0.4) is 0 Å². The zero-order valence-electron chi connectivity index (χ0n) is 13.8. The lowest BCUT2D eigenvalue weighted by Crippen LogP contribution is -2.25. The second kappa shape index (κ2) is 9.02. The van der Waals surface area contributed by atoms with E-state index in [0.717, 1.165) is 25.4 Å². The molecule has 0 aliphatic rings. The van der Waals surface area contributed by atoms with E-state index in [1.165, 1.54) is 12.0 Å². The van der Waals surface area contributed by atoms with Crippen LogP contribution in [0.15, 0.2) is 24.3 Å². The minimum atomic E-state index is 0.566. The van der Waals surface area contributed by atoms with E-state index in [-0.39, 0.29) is 0 Å². The average molecular weight is 277 g/mol. The van der Waals surface area contributed by atoms with Gasteiger partial charge in [0.25, 0.3) is 0 Å². The molecule has 1 N–H and O–H groups in total. The molecule has 0 heterocycles. The molecule has 0 amide bonds. The Bertz CT molecular complexity index is 358. The number of benzene rings is 1. The topological polar surface area (TPSA) is 21.3 Å². The summed E-state index contributed by atoms with van der Waals surface area (Å²) < 4.78 is 5.75. The lowest BCUT2D eigenvalue weighted by Gasteiger charge is -2.24. The molecule has 2 unspecified atom stereocenters. The van der Waals surface area contributed by atoms with Gasteiger partial charge in [0.15, 0.2) is 0 Å². The summed E-state index contributed by atoms with van der Waals surface area (Å²) in [4.78, 5) is 0. The monoisotopic (exact) mass is 277 g/mol. The summed E-state index contributed by atoms with van der Waals surface area (Å²) in [5.74, 6) is 2.82. The molecule has 0 aliphatic carbocycles. The molecule has 114 valence electrons. The Kier molecular flexibility index (Phi) is 7.68. The van der Waals surface area contributed by atoms with Crippen LogP contribution in [-0.4, -0.2) is 19.7 Å². The molecule has 0 aromatic heterocycles. The maximum absolute atomic E-state index is 5.75. The molecule has 0 spiro atoms. The molecular formula is C18H31NO. The number of rotatable bonds is 9. The van der Waals surface area contributed by atoms with Gasteiger partial charge >= 0.3 is 0 Å². The van der Waals surface area contributed by atoms with E-state index in [1.807, 2.05) is 0 Å². The smallest absolute Gasteiger partial charge is 0.119 e. The van der Waals surface area contributed by atoms with Gasteiger partial charge in [0.1, 0.15) is 5.75 Å². The minimum Gasteiger partial charge on any atom is -0.493 e. The number of likely N-dealkylation sites (N-methyl/N-ethyl adjacent to an activating group) is 1. The number of ether oxygens (including phenoxy) is 1. The Morgan fingerprint density at radius 1 is 1.05 bits per heavy atom. The van der Waals surface area contributed by atoms with Gasteiger partial charge in [-0.05, 0) is 42.0 Å². The van der Waals surface area contributed by atoms with Crippen LogP contribution >= 0.6 is 0 Å². The Morgan fingerprint density at radius 2 is 1.70 bits per heavy atom. The molecule has 1 aromatic rings. The highest BCUT2D eigenvalue weighted by Gasteiger charge is 2.17. The van der Waals surface area contributed by atoms with E-state index >= 15 is 0 Å². The second-order valence-electron chi connectivity index (χ2n) is 6.07. The number of hydrogen-bond donors (Lipinski definition) is 1. The summed E-state index contributed by atoms with van der Waals surface area (Å²) in [5, 5.41) is 3.49. The lowest BCUT2D eigenvalue weighted by molar-refractivity contribution is 0.271. The van der Waals surface area contributed by atoms with Crippen LogP contribution in [0.2, 0.25) is 0 Å². The van der Waals surface area contributed by atoms with Crippen molar-refractivity contribution >= 4 is 0 Å². The third kappa shape index (κ3) is 5.54. The minimum absolute atomic E-state index is 0.566. The van der Waals surface area contributed by atoms with Crippen LogP contribution in [-0.2, 0) is 0 Å². The third-order valence-corrected chi connectivity index (χ3v) is 3.84. The summed E-state index contributed by atoms with van der Waals surface area (Å²) in [6, 6.07) is 8.67. The van der Waals surface area contributed by atoms with Gasteiger partial charge in [-0.1, -0.05) is 53.2 Å². The van der Waals surface area contributed by atoms with Gasteiger partial charge in [-0.2, -0.15) is 0 Å². The van der Waals surface area contributed by atoms with E-state index in [2.05, 4.69) is 64.2 Å². The van der Waals surface area contributed by atoms with E-state index < -0.39 is 0 Å². The highest BCUT2D eigenvalue weighted by molar-refractivity contribution is 5.30. The first-order chi connectivity index (χ1) is 9.58. The summed E-state index contributed by atoms with van der Waals surface area (Å²) in [7, 11) is 0. The predicted octanol–water partition coefficient (Wildman–Crippen LogP) is 4.46. The maximum atomic E-state index is 5.75. The summed E-state index contributed by atoms with van der Waals surface area (Å²) in [6.07, 6.45) is 1.21. The van der Waals surface area contributed by atoms with E-state index in [9.17, 15) is 0 Å². The Hall–Kier alpha value is -1.02. The van der Waals surface area contributed by atoms with Crippen LogP contribution in [0.1, 0.15) is 52.5 Å². The average Bonchev–Trinajstić information content (AvgIpc) is 2.46. The van der Waals surface area contributed by atoms with E-state index in [1.54, 1.807) is 0 Å². The fourth-order valence-corrected chi connectivity index (χ4v) is 2.31. The first kappa shape index (κ1) is 17.0. The standard InChI is InChI=1S/C18H31NO/c1-6-15(5)18(12-19-7-2)16-8-10-17(11-9-16)20-13-14(3)4/h8-11,14-15,18-19H,6-7,12-13H2,1-5H3. The first-order valence-electron chi connectivity index (χ1n) is 8.01. The molecule has 0 fully saturated rings. The summed E-state index contributed by atoms with van der Waals surface area (Å²) in [5.41, 5.74) is 1.41. The van der Waals surface area contributed by atoms with Gasteiger partial charge in [0, 0.05) is 6.54 Å². The van der Waals surface area contributed by atoms with Gasteiger partial charge in [-0.15, -0.1) is 0 Å². The van der Waals surface area contributed by atoms with E-state index in [0.29, 0.717) is 17.8 Å². The molecule has 0 aliphatic heterocycles. The molecule has 1 aromatic carbocycles. The van der Waals surface area contributed by atoms with Crippen molar-refractivity contribution in [1.29, 1.82) is 0 Å². The van der Waals surface area contributed by atoms with Crippen LogP contribution in [0, 0.1) is 11.8 Å². The van der Waals surface area contributed by atoms with Crippen molar-refractivity contribution in [1.82, 2.24) is 5.32 Å². The van der Waals surface area contributed by atoms with E-state index in [4.69, 9.17) is 4.74 Å². The van der Waals surface area contributed by atoms with Crippen LogP contribution in [0.4, 0.5) is 0 Å². The zero-order chi connectivity index (χ0) is 15.0. The predicted molar refractivity (Wildman–Crippen MR) is 87.5 cm³/mol. The molecule has 2 heteroatoms. The summed E-state index contributed by atoms with van der Waals surface area (Å²) in [6.45, 7) is 14.0.